The first-order valence-corrected chi connectivity index (χ1v) is 6.48. The Hall–Kier alpha value is -1.62. The standard InChI is InChI=1S/C14H19FN2O2/c1-9-3-4-10(8-16-9)17-14(18)12-6-5-11(19-2)7-13(12)15/h5-7,9-10,16H,3-4,8H2,1-2H3,(H,17,18). The van der Waals surface area contributed by atoms with Crippen molar-refractivity contribution in [3.63, 3.8) is 0 Å². The second-order valence-corrected chi connectivity index (χ2v) is 4.90. The Bertz CT molecular complexity index is 457. The number of benzene rings is 1. The Kier molecular flexibility index (Phi) is 4.37. The van der Waals surface area contributed by atoms with Crippen LogP contribution in [0.25, 0.3) is 0 Å². The summed E-state index contributed by atoms with van der Waals surface area (Å²) < 4.78 is 18.7. The molecular weight excluding hydrogens is 247 g/mol. The molecule has 1 amide bonds. The Morgan fingerprint density at radius 1 is 1.47 bits per heavy atom. The van der Waals surface area contributed by atoms with Crippen molar-refractivity contribution >= 4 is 5.91 Å². The molecule has 1 aromatic carbocycles. The number of methoxy groups -OCH3 is 1. The molecule has 2 rings (SSSR count). The molecule has 0 aliphatic carbocycles. The molecule has 1 aromatic rings. The number of piperidine rings is 1. The maximum atomic E-state index is 13.7. The van der Waals surface area contributed by atoms with E-state index in [0.717, 1.165) is 19.4 Å². The first-order chi connectivity index (χ1) is 9.10. The third-order valence-corrected chi connectivity index (χ3v) is 3.42. The highest BCUT2D eigenvalue weighted by Gasteiger charge is 2.21. The summed E-state index contributed by atoms with van der Waals surface area (Å²) in [4.78, 5) is 12.0. The Balaban J connectivity index is 2.00. The molecule has 1 aliphatic heterocycles. The molecule has 0 spiro atoms. The third kappa shape index (κ3) is 3.44. The van der Waals surface area contributed by atoms with Crippen molar-refractivity contribution < 1.29 is 13.9 Å². The van der Waals surface area contributed by atoms with Gasteiger partial charge in [-0.05, 0) is 31.9 Å². The maximum absolute atomic E-state index is 13.7. The molecule has 4 nitrogen and oxygen atoms in total. The number of rotatable bonds is 3. The summed E-state index contributed by atoms with van der Waals surface area (Å²) in [5.41, 5.74) is 0.0550. The largest absolute Gasteiger partial charge is 0.497 e. The molecule has 2 N–H and O–H groups in total. The van der Waals surface area contributed by atoms with Gasteiger partial charge in [-0.3, -0.25) is 4.79 Å². The van der Waals surface area contributed by atoms with E-state index in [4.69, 9.17) is 4.74 Å². The van der Waals surface area contributed by atoms with E-state index in [1.165, 1.54) is 19.2 Å². The van der Waals surface area contributed by atoms with E-state index in [1.807, 2.05) is 0 Å². The number of ether oxygens (including phenoxy) is 1. The zero-order valence-electron chi connectivity index (χ0n) is 11.2. The molecule has 0 aromatic heterocycles. The lowest BCUT2D eigenvalue weighted by atomic mass is 10.0. The topological polar surface area (TPSA) is 50.4 Å². The SMILES string of the molecule is COc1ccc(C(=O)NC2CCC(C)NC2)c(F)c1. The number of hydrogen-bond donors (Lipinski definition) is 2. The van der Waals surface area contributed by atoms with E-state index >= 15 is 0 Å². The molecule has 19 heavy (non-hydrogen) atoms. The first kappa shape index (κ1) is 13.8. The van der Waals surface area contributed by atoms with Gasteiger partial charge in [0, 0.05) is 24.7 Å². The van der Waals surface area contributed by atoms with Gasteiger partial charge >= 0.3 is 0 Å². The number of carbonyl (C=O) groups excluding carboxylic acids is 1. The van der Waals surface area contributed by atoms with Gasteiger partial charge in [0.15, 0.2) is 0 Å². The predicted octanol–water partition coefficient (Wildman–Crippen LogP) is 1.70. The van der Waals surface area contributed by atoms with Crippen LogP contribution in [-0.4, -0.2) is 31.6 Å². The van der Waals surface area contributed by atoms with Crippen LogP contribution in [0, 0.1) is 5.82 Å². The highest BCUT2D eigenvalue weighted by atomic mass is 19.1. The molecule has 1 fully saturated rings. The van der Waals surface area contributed by atoms with Crippen molar-refractivity contribution in [2.24, 2.45) is 0 Å². The fourth-order valence-corrected chi connectivity index (χ4v) is 2.19. The molecule has 1 saturated heterocycles. The van der Waals surface area contributed by atoms with E-state index in [2.05, 4.69) is 17.6 Å². The maximum Gasteiger partial charge on any atom is 0.254 e. The third-order valence-electron chi connectivity index (χ3n) is 3.42. The van der Waals surface area contributed by atoms with Gasteiger partial charge in [-0.2, -0.15) is 0 Å². The van der Waals surface area contributed by atoms with Crippen molar-refractivity contribution in [2.75, 3.05) is 13.7 Å². The van der Waals surface area contributed by atoms with Crippen LogP contribution in [0.4, 0.5) is 4.39 Å². The van der Waals surface area contributed by atoms with Crippen LogP contribution in [0.3, 0.4) is 0 Å². The van der Waals surface area contributed by atoms with Gasteiger partial charge in [0.2, 0.25) is 0 Å². The molecule has 1 aliphatic rings. The minimum absolute atomic E-state index is 0.0550. The van der Waals surface area contributed by atoms with Crippen molar-refractivity contribution in [1.29, 1.82) is 0 Å². The lowest BCUT2D eigenvalue weighted by Crippen LogP contribution is -2.48. The predicted molar refractivity (Wildman–Crippen MR) is 70.9 cm³/mol. The van der Waals surface area contributed by atoms with Crippen LogP contribution in [0.1, 0.15) is 30.1 Å². The van der Waals surface area contributed by atoms with Crippen molar-refractivity contribution in [1.82, 2.24) is 10.6 Å². The minimum Gasteiger partial charge on any atom is -0.497 e. The van der Waals surface area contributed by atoms with Crippen LogP contribution in [0.5, 0.6) is 5.75 Å². The molecular formula is C14H19FN2O2. The highest BCUT2D eigenvalue weighted by Crippen LogP contribution is 2.17. The van der Waals surface area contributed by atoms with E-state index in [0.29, 0.717) is 11.8 Å². The zero-order valence-corrected chi connectivity index (χ0v) is 11.2. The van der Waals surface area contributed by atoms with E-state index < -0.39 is 5.82 Å². The quantitative estimate of drug-likeness (QED) is 0.875. The molecule has 0 saturated carbocycles. The van der Waals surface area contributed by atoms with Crippen LogP contribution in [-0.2, 0) is 0 Å². The highest BCUT2D eigenvalue weighted by molar-refractivity contribution is 5.94. The number of hydrogen-bond acceptors (Lipinski definition) is 3. The number of amides is 1. The van der Waals surface area contributed by atoms with Gasteiger partial charge in [0.1, 0.15) is 11.6 Å². The van der Waals surface area contributed by atoms with E-state index in [9.17, 15) is 9.18 Å². The van der Waals surface area contributed by atoms with Gasteiger partial charge in [-0.15, -0.1) is 0 Å². The first-order valence-electron chi connectivity index (χ1n) is 6.48. The second-order valence-electron chi connectivity index (χ2n) is 4.90. The lowest BCUT2D eigenvalue weighted by Gasteiger charge is -2.28. The summed E-state index contributed by atoms with van der Waals surface area (Å²) in [5, 5.41) is 6.15. The van der Waals surface area contributed by atoms with Crippen LogP contribution in [0.15, 0.2) is 18.2 Å². The van der Waals surface area contributed by atoms with E-state index in [-0.39, 0.29) is 17.5 Å². The summed E-state index contributed by atoms with van der Waals surface area (Å²) in [6, 6.07) is 4.79. The van der Waals surface area contributed by atoms with Crippen molar-refractivity contribution in [3.05, 3.63) is 29.6 Å². The van der Waals surface area contributed by atoms with Crippen LogP contribution < -0.4 is 15.4 Å². The Labute approximate surface area is 112 Å². The van der Waals surface area contributed by atoms with Crippen LogP contribution in [0.2, 0.25) is 0 Å². The van der Waals surface area contributed by atoms with Gasteiger partial charge in [-0.25, -0.2) is 4.39 Å². The monoisotopic (exact) mass is 266 g/mol. The van der Waals surface area contributed by atoms with Crippen molar-refractivity contribution in [2.45, 2.75) is 31.8 Å². The molecule has 2 atom stereocenters. The molecule has 0 bridgehead atoms. The summed E-state index contributed by atoms with van der Waals surface area (Å²) in [6.07, 6.45) is 1.92. The molecule has 5 heteroatoms. The average molecular weight is 266 g/mol. The molecule has 1 heterocycles. The molecule has 2 unspecified atom stereocenters. The van der Waals surface area contributed by atoms with Crippen LogP contribution >= 0.6 is 0 Å². The van der Waals surface area contributed by atoms with Gasteiger partial charge < -0.3 is 15.4 Å². The fraction of sp³-hybridized carbons (Fsp3) is 0.500. The summed E-state index contributed by atoms with van der Waals surface area (Å²) in [5.74, 6) is -0.530. The summed E-state index contributed by atoms with van der Waals surface area (Å²) in [6.45, 7) is 2.84. The smallest absolute Gasteiger partial charge is 0.254 e. The summed E-state index contributed by atoms with van der Waals surface area (Å²) in [7, 11) is 1.46. The number of carbonyl (C=O) groups is 1. The van der Waals surface area contributed by atoms with Gasteiger partial charge in [0.25, 0.3) is 5.91 Å². The summed E-state index contributed by atoms with van der Waals surface area (Å²) >= 11 is 0. The molecule has 104 valence electrons. The minimum atomic E-state index is -0.561. The van der Waals surface area contributed by atoms with E-state index in [1.54, 1.807) is 6.07 Å². The zero-order chi connectivity index (χ0) is 13.8. The average Bonchev–Trinajstić information content (AvgIpc) is 2.41. The lowest BCUT2D eigenvalue weighted by molar-refractivity contribution is 0.0923. The van der Waals surface area contributed by atoms with Gasteiger partial charge in [-0.1, -0.05) is 0 Å². The normalized spacial score (nSPS) is 22.9. The fourth-order valence-electron chi connectivity index (χ4n) is 2.19. The Morgan fingerprint density at radius 3 is 2.84 bits per heavy atom. The number of nitrogens with one attached hydrogen (secondary N) is 2. The second kappa shape index (κ2) is 6.02. The van der Waals surface area contributed by atoms with Gasteiger partial charge in [0.05, 0.1) is 12.7 Å². The molecule has 0 radical (unpaired) electrons. The van der Waals surface area contributed by atoms with Crippen molar-refractivity contribution in [3.8, 4) is 5.75 Å². The Morgan fingerprint density at radius 2 is 2.26 bits per heavy atom. The number of halogens is 1.